The number of nitrogens with zero attached hydrogens (tertiary/aromatic N) is 2. The third-order valence-electron chi connectivity index (χ3n) is 6.29. The van der Waals surface area contributed by atoms with Crippen molar-refractivity contribution in [2.45, 2.75) is 45.8 Å². The molecule has 8 nitrogen and oxygen atoms in total. The van der Waals surface area contributed by atoms with Crippen molar-refractivity contribution in [1.29, 1.82) is 0 Å². The van der Waals surface area contributed by atoms with Gasteiger partial charge in [-0.05, 0) is 74.4 Å². The molecule has 3 rings (SSSR count). The van der Waals surface area contributed by atoms with E-state index in [0.29, 0.717) is 33.5 Å². The van der Waals surface area contributed by atoms with Crippen LogP contribution in [0.1, 0.15) is 32.8 Å². The predicted molar refractivity (Wildman–Crippen MR) is 160 cm³/mol. The fraction of sp³-hybridized carbons (Fsp3) is 0.310. The van der Waals surface area contributed by atoms with Crippen molar-refractivity contribution in [1.82, 2.24) is 10.2 Å². The van der Waals surface area contributed by atoms with Crippen molar-refractivity contribution in [2.24, 2.45) is 0 Å². The molecule has 0 aromatic heterocycles. The molecule has 0 fully saturated rings. The quantitative estimate of drug-likeness (QED) is 0.278. The third-order valence-corrected chi connectivity index (χ3v) is 8.17. The molecule has 40 heavy (non-hydrogen) atoms. The molecule has 0 saturated carbocycles. The molecule has 0 bridgehead atoms. The van der Waals surface area contributed by atoms with Crippen LogP contribution in [-0.2, 0) is 26.2 Å². The Bertz CT molecular complexity index is 1420. The first-order chi connectivity index (χ1) is 18.9. The summed E-state index contributed by atoms with van der Waals surface area (Å²) in [6.07, 6.45) is 1.74. The topological polar surface area (TPSA) is 96.0 Å². The van der Waals surface area contributed by atoms with E-state index in [4.69, 9.17) is 27.9 Å². The van der Waals surface area contributed by atoms with Crippen LogP contribution in [0, 0.1) is 0 Å². The van der Waals surface area contributed by atoms with E-state index >= 15 is 0 Å². The van der Waals surface area contributed by atoms with Crippen molar-refractivity contribution in [2.75, 3.05) is 17.1 Å². The number of nitrogens with one attached hydrogen (secondary N) is 1. The van der Waals surface area contributed by atoms with Gasteiger partial charge in [-0.1, -0.05) is 54.4 Å². The van der Waals surface area contributed by atoms with Gasteiger partial charge in [0.25, 0.3) is 0 Å². The molecule has 3 aromatic rings. The highest BCUT2D eigenvalue weighted by atomic mass is 35.5. The number of benzene rings is 3. The van der Waals surface area contributed by atoms with Gasteiger partial charge in [0.1, 0.15) is 24.1 Å². The van der Waals surface area contributed by atoms with Crippen LogP contribution in [0.3, 0.4) is 0 Å². The van der Waals surface area contributed by atoms with Crippen LogP contribution in [0.2, 0.25) is 10.0 Å². The average Bonchev–Trinajstić information content (AvgIpc) is 2.92. The molecule has 0 aliphatic carbocycles. The van der Waals surface area contributed by atoms with Crippen LogP contribution in [0.15, 0.2) is 72.8 Å². The van der Waals surface area contributed by atoms with Crippen molar-refractivity contribution in [3.63, 3.8) is 0 Å². The fourth-order valence-corrected chi connectivity index (χ4v) is 4.97. The Morgan fingerprint density at radius 1 is 0.925 bits per heavy atom. The summed E-state index contributed by atoms with van der Waals surface area (Å²) in [7, 11) is -3.87. The second-order valence-corrected chi connectivity index (χ2v) is 12.2. The Labute approximate surface area is 245 Å². The second kappa shape index (κ2) is 13.9. The number of carbonyl (C=O) groups is 2. The monoisotopic (exact) mass is 605 g/mol. The van der Waals surface area contributed by atoms with Crippen LogP contribution < -0.4 is 14.4 Å². The summed E-state index contributed by atoms with van der Waals surface area (Å²) in [5, 5.41) is 3.55. The number of amides is 2. The minimum Gasteiger partial charge on any atom is -0.457 e. The fourth-order valence-electron chi connectivity index (χ4n) is 3.80. The Balaban J connectivity index is 1.88. The molecule has 11 heteroatoms. The van der Waals surface area contributed by atoms with Crippen molar-refractivity contribution in [3.05, 3.63) is 88.4 Å². The number of carbonyl (C=O) groups excluding carboxylic acids is 2. The van der Waals surface area contributed by atoms with Gasteiger partial charge in [0.15, 0.2) is 0 Å². The number of ether oxygens (including phenoxy) is 1. The molecule has 3 aromatic carbocycles. The summed E-state index contributed by atoms with van der Waals surface area (Å²) < 4.78 is 32.4. The van der Waals surface area contributed by atoms with Crippen molar-refractivity contribution in [3.8, 4) is 11.5 Å². The summed E-state index contributed by atoms with van der Waals surface area (Å²) in [5.74, 6) is 0.225. The first kappa shape index (κ1) is 31.3. The highest BCUT2D eigenvalue weighted by molar-refractivity contribution is 7.92. The lowest BCUT2D eigenvalue weighted by molar-refractivity contribution is -0.139. The number of sulfonamides is 1. The third kappa shape index (κ3) is 8.61. The van der Waals surface area contributed by atoms with Crippen molar-refractivity contribution < 1.29 is 22.7 Å². The lowest BCUT2D eigenvalue weighted by Gasteiger charge is -2.32. The number of para-hydroxylation sites is 1. The molecule has 0 heterocycles. The highest BCUT2D eigenvalue weighted by Gasteiger charge is 2.30. The Hall–Kier alpha value is -3.27. The molecule has 0 radical (unpaired) electrons. The maximum atomic E-state index is 13.7. The predicted octanol–water partition coefficient (Wildman–Crippen LogP) is 5.88. The van der Waals surface area contributed by atoms with Gasteiger partial charge >= 0.3 is 0 Å². The van der Waals surface area contributed by atoms with Crippen LogP contribution >= 0.6 is 23.2 Å². The Morgan fingerprint density at radius 3 is 2.12 bits per heavy atom. The van der Waals surface area contributed by atoms with E-state index in [2.05, 4.69) is 5.32 Å². The molecule has 0 aliphatic heterocycles. The minimum atomic E-state index is -3.87. The average molecular weight is 607 g/mol. The van der Waals surface area contributed by atoms with E-state index in [0.717, 1.165) is 10.6 Å². The van der Waals surface area contributed by atoms with Gasteiger partial charge in [0, 0.05) is 12.6 Å². The lowest BCUT2D eigenvalue weighted by atomic mass is 10.1. The zero-order chi connectivity index (χ0) is 29.4. The summed E-state index contributed by atoms with van der Waals surface area (Å²) in [6.45, 7) is 4.92. The molecule has 0 spiro atoms. The Kier molecular flexibility index (Phi) is 10.8. The summed E-state index contributed by atoms with van der Waals surface area (Å²) >= 11 is 12.2. The summed E-state index contributed by atoms with van der Waals surface area (Å²) in [6, 6.07) is 19.5. The number of anilines is 1. The summed E-state index contributed by atoms with van der Waals surface area (Å²) in [4.78, 5) is 28.0. The standard InChI is InChI=1S/C29H33Cl2N3O5S/c1-5-20(2)32-29(36)21(3)33(18-22-11-16-26(30)27(31)17-22)28(35)19-34(40(4,37)38)23-12-14-25(15-13-23)39-24-9-7-6-8-10-24/h6-17,20-21H,5,18-19H2,1-4H3,(H,32,36)/t20-,21+/m0/s1. The number of rotatable bonds is 12. The van der Waals surface area contributed by atoms with Gasteiger partial charge < -0.3 is 15.0 Å². The first-order valence-corrected chi connectivity index (χ1v) is 15.3. The van der Waals surface area contributed by atoms with Gasteiger partial charge in [0.05, 0.1) is 22.0 Å². The Morgan fingerprint density at radius 2 is 1.55 bits per heavy atom. The first-order valence-electron chi connectivity index (χ1n) is 12.7. The van der Waals surface area contributed by atoms with Gasteiger partial charge in [0.2, 0.25) is 21.8 Å². The zero-order valence-electron chi connectivity index (χ0n) is 22.8. The second-order valence-electron chi connectivity index (χ2n) is 9.44. The number of hydrogen-bond acceptors (Lipinski definition) is 5. The SMILES string of the molecule is CC[C@H](C)NC(=O)[C@@H](C)N(Cc1ccc(Cl)c(Cl)c1)C(=O)CN(c1ccc(Oc2ccccc2)cc1)S(C)(=O)=O. The maximum absolute atomic E-state index is 13.7. The van der Waals surface area contributed by atoms with Gasteiger partial charge in [-0.15, -0.1) is 0 Å². The zero-order valence-corrected chi connectivity index (χ0v) is 25.1. The molecule has 2 amide bonds. The van der Waals surface area contributed by atoms with E-state index in [-0.39, 0.29) is 24.2 Å². The molecular formula is C29H33Cl2N3O5S. The smallest absolute Gasteiger partial charge is 0.244 e. The molecule has 0 unspecified atom stereocenters. The van der Waals surface area contributed by atoms with Crippen LogP contribution in [-0.4, -0.2) is 50.0 Å². The van der Waals surface area contributed by atoms with Gasteiger partial charge in [-0.3, -0.25) is 13.9 Å². The van der Waals surface area contributed by atoms with Crippen LogP contribution in [0.5, 0.6) is 11.5 Å². The molecular weight excluding hydrogens is 573 g/mol. The van der Waals surface area contributed by atoms with Crippen molar-refractivity contribution >= 4 is 50.7 Å². The number of halogens is 2. The van der Waals surface area contributed by atoms with E-state index in [1.165, 1.54) is 4.90 Å². The normalized spacial score (nSPS) is 12.8. The maximum Gasteiger partial charge on any atom is 0.244 e. The van der Waals surface area contributed by atoms with Crippen LogP contribution in [0.4, 0.5) is 5.69 Å². The molecule has 0 aliphatic rings. The van der Waals surface area contributed by atoms with E-state index < -0.39 is 28.5 Å². The lowest BCUT2D eigenvalue weighted by Crippen LogP contribution is -2.52. The van der Waals surface area contributed by atoms with E-state index in [9.17, 15) is 18.0 Å². The number of hydrogen-bond donors (Lipinski definition) is 1. The highest BCUT2D eigenvalue weighted by Crippen LogP contribution is 2.27. The molecule has 214 valence electrons. The largest absolute Gasteiger partial charge is 0.457 e. The molecule has 2 atom stereocenters. The van der Waals surface area contributed by atoms with Crippen LogP contribution in [0.25, 0.3) is 0 Å². The van der Waals surface area contributed by atoms with E-state index in [1.54, 1.807) is 61.5 Å². The molecule has 0 saturated heterocycles. The minimum absolute atomic E-state index is 0.0201. The molecule has 1 N–H and O–H groups in total. The summed E-state index contributed by atoms with van der Waals surface area (Å²) in [5.41, 5.74) is 0.918. The van der Waals surface area contributed by atoms with Gasteiger partial charge in [-0.2, -0.15) is 0 Å². The van der Waals surface area contributed by atoms with Gasteiger partial charge in [-0.25, -0.2) is 8.42 Å². The van der Waals surface area contributed by atoms with E-state index in [1.807, 2.05) is 32.0 Å².